The zero-order valence-corrected chi connectivity index (χ0v) is 13.4. The van der Waals surface area contributed by atoms with Crippen LogP contribution in [0.3, 0.4) is 0 Å². The van der Waals surface area contributed by atoms with Crippen LogP contribution in [-0.4, -0.2) is 41.8 Å². The van der Waals surface area contributed by atoms with Crippen LogP contribution in [0.25, 0.3) is 0 Å². The molecule has 0 saturated heterocycles. The Hall–Kier alpha value is -2.31. The summed E-state index contributed by atoms with van der Waals surface area (Å²) in [5, 5.41) is 2.58. The molecule has 2 atom stereocenters. The normalized spacial score (nSPS) is 21.5. The fourth-order valence-corrected chi connectivity index (χ4v) is 2.11. The molecule has 0 saturated carbocycles. The van der Waals surface area contributed by atoms with Crippen molar-refractivity contribution in [3.8, 4) is 5.88 Å². The fourth-order valence-electron chi connectivity index (χ4n) is 2.11. The molecule has 120 valence electrons. The SMILES string of the molecule is C[C@H]1Oc2ncccc2N(C)C(=O)[C@H]1NC(=O)OC(C)(C)C. The van der Waals surface area contributed by atoms with E-state index in [1.807, 2.05) is 0 Å². The molecule has 0 aromatic carbocycles. The standard InChI is InChI=1S/C15H21N3O4/c1-9-11(17-14(20)22-15(2,3)4)13(19)18(5)10-7-6-8-16-12(10)21-9/h6-9,11H,1-5H3,(H,17,20)/t9-,11+/m1/s1. The van der Waals surface area contributed by atoms with E-state index in [1.165, 1.54) is 4.90 Å². The first-order valence-corrected chi connectivity index (χ1v) is 7.08. The number of rotatable bonds is 1. The maximum atomic E-state index is 12.6. The highest BCUT2D eigenvalue weighted by molar-refractivity contribution is 6.00. The van der Waals surface area contributed by atoms with E-state index in [2.05, 4.69) is 10.3 Å². The van der Waals surface area contributed by atoms with Crippen LogP contribution in [0.2, 0.25) is 0 Å². The van der Waals surface area contributed by atoms with Crippen LogP contribution in [0.15, 0.2) is 18.3 Å². The number of likely N-dealkylation sites (N-methyl/N-ethyl adjacent to an activating group) is 1. The number of nitrogens with one attached hydrogen (secondary N) is 1. The molecule has 2 heterocycles. The molecular weight excluding hydrogens is 286 g/mol. The number of amides is 2. The second-order valence-electron chi connectivity index (χ2n) is 6.17. The van der Waals surface area contributed by atoms with Crippen molar-refractivity contribution in [2.24, 2.45) is 0 Å². The molecule has 0 unspecified atom stereocenters. The minimum absolute atomic E-state index is 0.287. The number of pyridine rings is 1. The number of alkyl carbamates (subject to hydrolysis) is 1. The lowest BCUT2D eigenvalue weighted by atomic mass is 10.1. The van der Waals surface area contributed by atoms with Crippen LogP contribution in [0.4, 0.5) is 10.5 Å². The first kappa shape index (κ1) is 16.1. The van der Waals surface area contributed by atoms with Crippen molar-refractivity contribution in [3.05, 3.63) is 18.3 Å². The van der Waals surface area contributed by atoms with E-state index in [1.54, 1.807) is 53.1 Å². The molecule has 22 heavy (non-hydrogen) atoms. The smallest absolute Gasteiger partial charge is 0.408 e. The van der Waals surface area contributed by atoms with E-state index in [0.29, 0.717) is 11.6 Å². The zero-order chi connectivity index (χ0) is 16.5. The van der Waals surface area contributed by atoms with E-state index in [4.69, 9.17) is 9.47 Å². The summed E-state index contributed by atoms with van der Waals surface area (Å²) in [4.78, 5) is 30.1. The topological polar surface area (TPSA) is 80.8 Å². The summed E-state index contributed by atoms with van der Waals surface area (Å²) in [5.41, 5.74) is -0.0777. The minimum atomic E-state index is -0.853. The number of carbonyl (C=O) groups excluding carboxylic acids is 2. The van der Waals surface area contributed by atoms with Gasteiger partial charge in [0, 0.05) is 13.2 Å². The van der Waals surface area contributed by atoms with Crippen LogP contribution in [0.1, 0.15) is 27.7 Å². The predicted octanol–water partition coefficient (Wildman–Crippen LogP) is 1.72. The number of ether oxygens (including phenoxy) is 2. The molecule has 0 fully saturated rings. The Balaban J connectivity index is 2.20. The summed E-state index contributed by atoms with van der Waals surface area (Å²) in [5.74, 6) is 0.0736. The lowest BCUT2D eigenvalue weighted by Gasteiger charge is -2.26. The van der Waals surface area contributed by atoms with Gasteiger partial charge in [0.15, 0.2) is 0 Å². The Morgan fingerprint density at radius 3 is 2.77 bits per heavy atom. The number of carbonyl (C=O) groups is 2. The van der Waals surface area contributed by atoms with Gasteiger partial charge in [0.1, 0.15) is 23.4 Å². The maximum absolute atomic E-state index is 12.6. The number of anilines is 1. The molecular formula is C15H21N3O4. The molecule has 0 spiro atoms. The maximum Gasteiger partial charge on any atom is 0.408 e. The number of hydrogen-bond acceptors (Lipinski definition) is 5. The molecule has 2 amide bonds. The van der Waals surface area contributed by atoms with Crippen LogP contribution < -0.4 is 15.0 Å². The van der Waals surface area contributed by atoms with Gasteiger partial charge in [-0.05, 0) is 39.8 Å². The van der Waals surface area contributed by atoms with Crippen LogP contribution >= 0.6 is 0 Å². The molecule has 1 N–H and O–H groups in total. The zero-order valence-electron chi connectivity index (χ0n) is 13.4. The molecule has 1 aromatic heterocycles. The van der Waals surface area contributed by atoms with Gasteiger partial charge in [-0.3, -0.25) is 4.79 Å². The van der Waals surface area contributed by atoms with Gasteiger partial charge in [-0.2, -0.15) is 0 Å². The van der Waals surface area contributed by atoms with Gasteiger partial charge in [0.2, 0.25) is 5.88 Å². The van der Waals surface area contributed by atoms with Crippen LogP contribution in [0, 0.1) is 0 Å². The van der Waals surface area contributed by atoms with Gasteiger partial charge in [-0.1, -0.05) is 0 Å². The second kappa shape index (κ2) is 5.82. The molecule has 0 aliphatic carbocycles. The summed E-state index contributed by atoms with van der Waals surface area (Å²) in [7, 11) is 1.62. The van der Waals surface area contributed by atoms with Gasteiger partial charge in [-0.25, -0.2) is 9.78 Å². The number of hydrogen-bond donors (Lipinski definition) is 1. The molecule has 7 nitrogen and oxygen atoms in total. The first-order chi connectivity index (χ1) is 10.2. The highest BCUT2D eigenvalue weighted by atomic mass is 16.6. The van der Waals surface area contributed by atoms with Gasteiger partial charge < -0.3 is 19.7 Å². The molecule has 1 aliphatic heterocycles. The monoisotopic (exact) mass is 307 g/mol. The van der Waals surface area contributed by atoms with Gasteiger partial charge in [0.05, 0.1) is 0 Å². The molecule has 2 rings (SSSR count). The third kappa shape index (κ3) is 3.47. The minimum Gasteiger partial charge on any atom is -0.470 e. The van der Waals surface area contributed by atoms with Crippen molar-refractivity contribution in [3.63, 3.8) is 0 Å². The largest absolute Gasteiger partial charge is 0.470 e. The van der Waals surface area contributed by atoms with E-state index >= 15 is 0 Å². The molecule has 0 bridgehead atoms. The summed E-state index contributed by atoms with van der Waals surface area (Å²) in [6.45, 7) is 6.98. The summed E-state index contributed by atoms with van der Waals surface area (Å²) < 4.78 is 10.9. The van der Waals surface area contributed by atoms with Crippen molar-refractivity contribution >= 4 is 17.7 Å². The number of nitrogens with zero attached hydrogens (tertiary/aromatic N) is 2. The molecule has 1 aromatic rings. The Morgan fingerprint density at radius 1 is 1.45 bits per heavy atom. The Bertz CT molecular complexity index is 582. The van der Waals surface area contributed by atoms with Crippen molar-refractivity contribution in [1.29, 1.82) is 0 Å². The van der Waals surface area contributed by atoms with Gasteiger partial charge >= 0.3 is 6.09 Å². The predicted molar refractivity (Wildman–Crippen MR) is 80.9 cm³/mol. The van der Waals surface area contributed by atoms with Crippen LogP contribution in [-0.2, 0) is 9.53 Å². The number of aromatic nitrogens is 1. The fraction of sp³-hybridized carbons (Fsp3) is 0.533. The Labute approximate surface area is 129 Å². The second-order valence-corrected chi connectivity index (χ2v) is 6.17. The van der Waals surface area contributed by atoms with Crippen molar-refractivity contribution in [2.75, 3.05) is 11.9 Å². The third-order valence-electron chi connectivity index (χ3n) is 3.15. The van der Waals surface area contributed by atoms with E-state index in [9.17, 15) is 9.59 Å². The van der Waals surface area contributed by atoms with Gasteiger partial charge in [0.25, 0.3) is 5.91 Å². The Kier molecular flexibility index (Phi) is 4.25. The van der Waals surface area contributed by atoms with Crippen LogP contribution in [0.5, 0.6) is 5.88 Å². The molecule has 1 aliphatic rings. The van der Waals surface area contributed by atoms with Crippen molar-refractivity contribution < 1.29 is 19.1 Å². The van der Waals surface area contributed by atoms with E-state index < -0.39 is 23.8 Å². The molecule has 7 heteroatoms. The number of fused-ring (bicyclic) bond motifs is 1. The van der Waals surface area contributed by atoms with E-state index in [0.717, 1.165) is 0 Å². The highest BCUT2D eigenvalue weighted by Gasteiger charge is 2.37. The van der Waals surface area contributed by atoms with Crippen molar-refractivity contribution in [2.45, 2.75) is 45.4 Å². The van der Waals surface area contributed by atoms with E-state index in [-0.39, 0.29) is 5.91 Å². The average Bonchev–Trinajstić information content (AvgIpc) is 2.49. The summed E-state index contributed by atoms with van der Waals surface area (Å²) >= 11 is 0. The third-order valence-corrected chi connectivity index (χ3v) is 3.15. The Morgan fingerprint density at radius 2 is 2.14 bits per heavy atom. The lowest BCUT2D eigenvalue weighted by molar-refractivity contribution is -0.121. The molecule has 0 radical (unpaired) electrons. The highest BCUT2D eigenvalue weighted by Crippen LogP contribution is 2.29. The quantitative estimate of drug-likeness (QED) is 0.854. The lowest BCUT2D eigenvalue weighted by Crippen LogP contribution is -2.54. The van der Waals surface area contributed by atoms with Crippen molar-refractivity contribution in [1.82, 2.24) is 10.3 Å². The van der Waals surface area contributed by atoms with Gasteiger partial charge in [-0.15, -0.1) is 0 Å². The summed E-state index contributed by atoms with van der Waals surface area (Å²) in [6.07, 6.45) is 0.359. The summed E-state index contributed by atoms with van der Waals surface area (Å²) in [6, 6.07) is 2.61. The first-order valence-electron chi connectivity index (χ1n) is 7.08. The average molecular weight is 307 g/mol.